The van der Waals surface area contributed by atoms with Gasteiger partial charge < -0.3 is 4.74 Å². The second-order valence-corrected chi connectivity index (χ2v) is 5.43. The molecule has 2 aromatic carbocycles. The highest BCUT2D eigenvalue weighted by Crippen LogP contribution is 2.23. The molecule has 0 N–H and O–H groups in total. The summed E-state index contributed by atoms with van der Waals surface area (Å²) in [7, 11) is 0. The first kappa shape index (κ1) is 15.2. The van der Waals surface area contributed by atoms with E-state index >= 15 is 0 Å². The molecule has 0 aromatic heterocycles. The summed E-state index contributed by atoms with van der Waals surface area (Å²) in [4.78, 5) is 37.2. The number of imide groups is 1. The molecule has 1 heterocycles. The predicted molar refractivity (Wildman–Crippen MR) is 83.5 cm³/mol. The number of amides is 2. The van der Waals surface area contributed by atoms with Crippen LogP contribution in [0.2, 0.25) is 5.02 Å². The molecule has 0 atom stereocenters. The van der Waals surface area contributed by atoms with Crippen molar-refractivity contribution < 1.29 is 19.1 Å². The fourth-order valence-corrected chi connectivity index (χ4v) is 2.54. The molecule has 3 rings (SSSR count). The lowest BCUT2D eigenvalue weighted by atomic mass is 10.1. The number of ether oxygens (including phenoxy) is 1. The van der Waals surface area contributed by atoms with Gasteiger partial charge in [-0.1, -0.05) is 29.8 Å². The zero-order valence-corrected chi connectivity index (χ0v) is 12.7. The van der Waals surface area contributed by atoms with Crippen molar-refractivity contribution in [3.63, 3.8) is 0 Å². The minimum Gasteiger partial charge on any atom is -0.426 e. The fraction of sp³-hybridized carbons (Fsp3) is 0.118. The first-order valence-corrected chi connectivity index (χ1v) is 7.35. The molecule has 2 amide bonds. The summed E-state index contributed by atoms with van der Waals surface area (Å²) in [6.45, 7) is -0.0221. The number of fused-ring (bicyclic) bond motifs is 1. The van der Waals surface area contributed by atoms with E-state index in [1.54, 1.807) is 42.5 Å². The van der Waals surface area contributed by atoms with Crippen LogP contribution in [0, 0.1) is 0 Å². The number of benzene rings is 2. The third kappa shape index (κ3) is 3.10. The van der Waals surface area contributed by atoms with Gasteiger partial charge in [-0.2, -0.15) is 0 Å². The van der Waals surface area contributed by atoms with Crippen LogP contribution in [-0.4, -0.2) is 29.2 Å². The van der Waals surface area contributed by atoms with Crippen LogP contribution in [0.25, 0.3) is 0 Å². The molecule has 0 saturated heterocycles. The first-order valence-electron chi connectivity index (χ1n) is 6.98. The van der Waals surface area contributed by atoms with Crippen molar-refractivity contribution in [2.45, 2.75) is 6.42 Å². The Morgan fingerprint density at radius 1 is 1.00 bits per heavy atom. The zero-order valence-electron chi connectivity index (χ0n) is 12.0. The van der Waals surface area contributed by atoms with Gasteiger partial charge in [0.05, 0.1) is 17.5 Å². The molecule has 0 spiro atoms. The van der Waals surface area contributed by atoms with Gasteiger partial charge in [0.1, 0.15) is 5.75 Å². The van der Waals surface area contributed by atoms with Gasteiger partial charge in [-0.15, -0.1) is 0 Å². The Balaban J connectivity index is 1.62. The molecule has 0 radical (unpaired) electrons. The lowest BCUT2D eigenvalue weighted by Crippen LogP contribution is -2.32. The molecule has 0 aliphatic carbocycles. The van der Waals surface area contributed by atoms with Gasteiger partial charge in [-0.3, -0.25) is 19.3 Å². The van der Waals surface area contributed by atoms with E-state index in [-0.39, 0.29) is 24.8 Å². The Morgan fingerprint density at radius 3 is 2.26 bits per heavy atom. The Kier molecular flexibility index (Phi) is 4.12. The standard InChI is InChI=1S/C17H12ClNO4/c18-11-4-3-5-12(10-11)23-15(20)8-9-19-16(21)13-6-1-2-7-14(13)17(19)22/h1-7,10H,8-9H2. The summed E-state index contributed by atoms with van der Waals surface area (Å²) in [5.41, 5.74) is 0.724. The van der Waals surface area contributed by atoms with E-state index in [4.69, 9.17) is 16.3 Å². The van der Waals surface area contributed by atoms with Crippen molar-refractivity contribution in [2.75, 3.05) is 6.54 Å². The lowest BCUT2D eigenvalue weighted by molar-refractivity contribution is -0.134. The van der Waals surface area contributed by atoms with E-state index in [1.807, 2.05) is 0 Å². The van der Waals surface area contributed by atoms with E-state index < -0.39 is 5.97 Å². The number of carbonyl (C=O) groups excluding carboxylic acids is 3. The summed E-state index contributed by atoms with van der Waals surface area (Å²) in [5, 5.41) is 0.454. The maximum absolute atomic E-state index is 12.2. The van der Waals surface area contributed by atoms with Crippen molar-refractivity contribution in [2.24, 2.45) is 0 Å². The number of esters is 1. The second-order valence-electron chi connectivity index (χ2n) is 4.99. The summed E-state index contributed by atoms with van der Waals surface area (Å²) >= 11 is 5.81. The van der Waals surface area contributed by atoms with Crippen LogP contribution in [0.15, 0.2) is 48.5 Å². The van der Waals surface area contributed by atoms with Crippen LogP contribution in [0.3, 0.4) is 0 Å². The maximum Gasteiger partial charge on any atom is 0.312 e. The van der Waals surface area contributed by atoms with Crippen molar-refractivity contribution in [1.29, 1.82) is 0 Å². The van der Waals surface area contributed by atoms with Gasteiger partial charge in [0.25, 0.3) is 11.8 Å². The highest BCUT2D eigenvalue weighted by molar-refractivity contribution is 6.30. The minimum absolute atomic E-state index is 0.0221. The smallest absolute Gasteiger partial charge is 0.312 e. The largest absolute Gasteiger partial charge is 0.426 e. The molecule has 1 aliphatic heterocycles. The highest BCUT2D eigenvalue weighted by atomic mass is 35.5. The first-order chi connectivity index (χ1) is 11.1. The van der Waals surface area contributed by atoms with Crippen LogP contribution in [0.5, 0.6) is 5.75 Å². The van der Waals surface area contributed by atoms with Crippen molar-refractivity contribution >= 4 is 29.4 Å². The van der Waals surface area contributed by atoms with E-state index in [2.05, 4.69) is 0 Å². The molecule has 116 valence electrons. The third-order valence-electron chi connectivity index (χ3n) is 3.45. The Hall–Kier alpha value is -2.66. The van der Waals surface area contributed by atoms with Crippen molar-refractivity contribution in [1.82, 2.24) is 4.90 Å². The van der Waals surface area contributed by atoms with E-state index in [9.17, 15) is 14.4 Å². The topological polar surface area (TPSA) is 63.7 Å². The Bertz CT molecular complexity index is 768. The summed E-state index contributed by atoms with van der Waals surface area (Å²) < 4.78 is 5.13. The number of nitrogens with zero attached hydrogens (tertiary/aromatic N) is 1. The molecule has 23 heavy (non-hydrogen) atoms. The van der Waals surface area contributed by atoms with Gasteiger partial charge in [-0.05, 0) is 30.3 Å². The fourth-order valence-electron chi connectivity index (χ4n) is 2.36. The number of rotatable bonds is 4. The number of carbonyl (C=O) groups is 3. The Labute approximate surface area is 137 Å². The number of halogens is 1. The molecule has 0 bridgehead atoms. The molecular formula is C17H12ClNO4. The monoisotopic (exact) mass is 329 g/mol. The quantitative estimate of drug-likeness (QED) is 0.491. The maximum atomic E-state index is 12.2. The van der Waals surface area contributed by atoms with Gasteiger partial charge in [0.2, 0.25) is 0 Å². The third-order valence-corrected chi connectivity index (χ3v) is 3.68. The van der Waals surface area contributed by atoms with Crippen LogP contribution in [-0.2, 0) is 4.79 Å². The second kappa shape index (κ2) is 6.22. The lowest BCUT2D eigenvalue weighted by Gasteiger charge is -2.13. The molecule has 0 saturated carbocycles. The molecule has 2 aromatic rings. The molecule has 0 unspecified atom stereocenters. The van der Waals surface area contributed by atoms with Crippen LogP contribution >= 0.6 is 11.6 Å². The van der Waals surface area contributed by atoms with Crippen LogP contribution in [0.4, 0.5) is 0 Å². The molecule has 1 aliphatic rings. The summed E-state index contributed by atoms with van der Waals surface area (Å²) in [5.74, 6) is -0.990. The van der Waals surface area contributed by atoms with Gasteiger partial charge in [0.15, 0.2) is 0 Å². The van der Waals surface area contributed by atoms with E-state index in [0.29, 0.717) is 21.9 Å². The zero-order chi connectivity index (χ0) is 16.4. The average Bonchev–Trinajstić information content (AvgIpc) is 2.77. The number of hydrogen-bond acceptors (Lipinski definition) is 4. The molecule has 0 fully saturated rings. The van der Waals surface area contributed by atoms with E-state index in [0.717, 1.165) is 4.90 Å². The molecule has 6 heteroatoms. The Morgan fingerprint density at radius 2 is 1.65 bits per heavy atom. The van der Waals surface area contributed by atoms with Crippen molar-refractivity contribution in [3.05, 3.63) is 64.7 Å². The minimum atomic E-state index is -0.538. The molecule has 5 nitrogen and oxygen atoms in total. The average molecular weight is 330 g/mol. The van der Waals surface area contributed by atoms with Crippen molar-refractivity contribution in [3.8, 4) is 5.75 Å². The molecular weight excluding hydrogens is 318 g/mol. The predicted octanol–water partition coefficient (Wildman–Crippen LogP) is 2.93. The summed E-state index contributed by atoms with van der Waals surface area (Å²) in [6.07, 6.45) is -0.0853. The summed E-state index contributed by atoms with van der Waals surface area (Å²) in [6, 6.07) is 13.0. The van der Waals surface area contributed by atoms with Gasteiger partial charge >= 0.3 is 5.97 Å². The SMILES string of the molecule is O=C(CCN1C(=O)c2ccccc2C1=O)Oc1cccc(Cl)c1. The normalized spacial score (nSPS) is 13.2. The van der Waals surface area contributed by atoms with Crippen LogP contribution < -0.4 is 4.74 Å². The number of hydrogen-bond donors (Lipinski definition) is 0. The van der Waals surface area contributed by atoms with Gasteiger partial charge in [-0.25, -0.2) is 0 Å². The highest BCUT2D eigenvalue weighted by Gasteiger charge is 2.35. The van der Waals surface area contributed by atoms with Crippen LogP contribution in [0.1, 0.15) is 27.1 Å². The van der Waals surface area contributed by atoms with E-state index in [1.165, 1.54) is 6.07 Å². The van der Waals surface area contributed by atoms with Gasteiger partial charge in [0, 0.05) is 11.6 Å².